The fraction of sp³-hybridized carbons (Fsp3) is 0.600. The summed E-state index contributed by atoms with van der Waals surface area (Å²) >= 11 is 0. The van der Waals surface area contributed by atoms with Crippen molar-refractivity contribution < 1.29 is 24.2 Å². The number of aliphatic carboxylic acids is 1. The van der Waals surface area contributed by atoms with Gasteiger partial charge >= 0.3 is 5.97 Å². The average molecular weight is 380 g/mol. The second kappa shape index (κ2) is 10.2. The van der Waals surface area contributed by atoms with Crippen LogP contribution in [-0.2, 0) is 16.1 Å². The van der Waals surface area contributed by atoms with Crippen LogP contribution in [0.3, 0.4) is 0 Å². The Hall–Kier alpha value is -2.28. The zero-order valence-corrected chi connectivity index (χ0v) is 17.1. The van der Waals surface area contributed by atoms with Gasteiger partial charge in [-0.25, -0.2) is 0 Å². The van der Waals surface area contributed by atoms with Gasteiger partial charge in [0.15, 0.2) is 18.1 Å². The number of hydrogen-bond acceptors (Lipinski definition) is 5. The number of hydrogen-bond donors (Lipinski definition) is 3. The Balaban J connectivity index is 2.79. The molecule has 3 N–H and O–H groups in total. The molecule has 1 amide bonds. The van der Waals surface area contributed by atoms with E-state index >= 15 is 0 Å². The molecule has 0 saturated heterocycles. The molecule has 0 bridgehead atoms. The normalized spacial score (nSPS) is 12.6. The summed E-state index contributed by atoms with van der Waals surface area (Å²) in [6.07, 6.45) is 0. The minimum Gasteiger partial charge on any atom is -0.490 e. The van der Waals surface area contributed by atoms with E-state index in [0.29, 0.717) is 24.7 Å². The summed E-state index contributed by atoms with van der Waals surface area (Å²) in [5.74, 6) is -0.116. The molecule has 1 unspecified atom stereocenters. The zero-order valence-electron chi connectivity index (χ0n) is 17.1. The van der Waals surface area contributed by atoms with Crippen LogP contribution in [0.15, 0.2) is 18.2 Å². The fourth-order valence-corrected chi connectivity index (χ4v) is 2.48. The van der Waals surface area contributed by atoms with Crippen molar-refractivity contribution in [2.24, 2.45) is 5.92 Å². The van der Waals surface area contributed by atoms with Crippen molar-refractivity contribution in [3.63, 3.8) is 0 Å². The Morgan fingerprint density at radius 1 is 1.15 bits per heavy atom. The highest BCUT2D eigenvalue weighted by molar-refractivity contribution is 5.78. The molecule has 0 aliphatic carbocycles. The fourth-order valence-electron chi connectivity index (χ4n) is 2.48. The van der Waals surface area contributed by atoms with Gasteiger partial charge in [-0.3, -0.25) is 9.59 Å². The third kappa shape index (κ3) is 8.30. The first-order valence-corrected chi connectivity index (χ1v) is 9.19. The number of nitrogens with one attached hydrogen (secondary N) is 2. The second-order valence-electron chi connectivity index (χ2n) is 7.74. The Labute approximate surface area is 161 Å². The van der Waals surface area contributed by atoms with Crippen molar-refractivity contribution in [2.75, 3.05) is 13.2 Å². The minimum atomic E-state index is -0.875. The number of ether oxygens (including phenoxy) is 2. The summed E-state index contributed by atoms with van der Waals surface area (Å²) in [6.45, 7) is 12.0. The average Bonchev–Trinajstić information content (AvgIpc) is 2.52. The van der Waals surface area contributed by atoms with Crippen molar-refractivity contribution in [2.45, 2.75) is 59.7 Å². The van der Waals surface area contributed by atoms with Crippen LogP contribution in [-0.4, -0.2) is 41.8 Å². The number of carboxylic acid groups (broad SMARTS) is 1. The second-order valence-corrected chi connectivity index (χ2v) is 7.74. The van der Waals surface area contributed by atoms with Gasteiger partial charge < -0.3 is 25.2 Å². The number of carboxylic acids is 1. The molecule has 27 heavy (non-hydrogen) atoms. The Kier molecular flexibility index (Phi) is 8.56. The molecule has 0 radical (unpaired) electrons. The van der Waals surface area contributed by atoms with E-state index in [1.807, 2.05) is 47.6 Å². The maximum atomic E-state index is 11.9. The number of carbonyl (C=O) groups is 2. The molecule has 7 nitrogen and oxygen atoms in total. The summed E-state index contributed by atoms with van der Waals surface area (Å²) in [7, 11) is 0. The molecule has 152 valence electrons. The quantitative estimate of drug-likeness (QED) is 0.577. The van der Waals surface area contributed by atoms with Crippen LogP contribution in [0.4, 0.5) is 0 Å². The first-order chi connectivity index (χ1) is 12.5. The van der Waals surface area contributed by atoms with E-state index in [1.165, 1.54) is 0 Å². The molecule has 7 heteroatoms. The monoisotopic (exact) mass is 380 g/mol. The molecule has 1 aromatic rings. The Bertz CT molecular complexity index is 638. The van der Waals surface area contributed by atoms with Gasteiger partial charge in [-0.15, -0.1) is 0 Å². The topological polar surface area (TPSA) is 96.9 Å². The van der Waals surface area contributed by atoms with Gasteiger partial charge in [0.2, 0.25) is 0 Å². The molecule has 0 heterocycles. The van der Waals surface area contributed by atoms with Crippen molar-refractivity contribution in [1.29, 1.82) is 0 Å². The first kappa shape index (κ1) is 22.8. The van der Waals surface area contributed by atoms with Gasteiger partial charge in [-0.05, 0) is 51.3 Å². The van der Waals surface area contributed by atoms with Gasteiger partial charge in [0.05, 0.1) is 6.61 Å². The lowest BCUT2D eigenvalue weighted by Crippen LogP contribution is -2.43. The summed E-state index contributed by atoms with van der Waals surface area (Å²) < 4.78 is 11.2. The Morgan fingerprint density at radius 2 is 1.81 bits per heavy atom. The largest absolute Gasteiger partial charge is 0.490 e. The smallest absolute Gasteiger partial charge is 0.320 e. The van der Waals surface area contributed by atoms with Crippen LogP contribution in [0.2, 0.25) is 0 Å². The third-order valence-electron chi connectivity index (χ3n) is 3.64. The van der Waals surface area contributed by atoms with E-state index in [9.17, 15) is 14.7 Å². The molecule has 1 rings (SSSR count). The van der Waals surface area contributed by atoms with Crippen LogP contribution in [0.5, 0.6) is 11.5 Å². The van der Waals surface area contributed by atoms with Crippen LogP contribution in [0.1, 0.15) is 47.1 Å². The van der Waals surface area contributed by atoms with E-state index in [1.54, 1.807) is 12.1 Å². The highest BCUT2D eigenvalue weighted by Gasteiger charge is 2.21. The molecule has 0 aromatic heterocycles. The lowest BCUT2D eigenvalue weighted by atomic mass is 10.0. The van der Waals surface area contributed by atoms with E-state index in [2.05, 4.69) is 10.6 Å². The molecular formula is C20H32N2O5. The van der Waals surface area contributed by atoms with Crippen molar-refractivity contribution in [1.82, 2.24) is 10.6 Å². The van der Waals surface area contributed by atoms with Crippen molar-refractivity contribution in [3.8, 4) is 11.5 Å². The number of benzene rings is 1. The van der Waals surface area contributed by atoms with Crippen LogP contribution in [0, 0.1) is 5.92 Å². The van der Waals surface area contributed by atoms with Gasteiger partial charge in [-0.2, -0.15) is 0 Å². The van der Waals surface area contributed by atoms with Gasteiger partial charge in [-0.1, -0.05) is 19.9 Å². The zero-order chi connectivity index (χ0) is 20.6. The SMILES string of the molecule is CCOc1cc(CNC(C(=O)O)C(C)C)ccc1OCC(=O)NC(C)(C)C. The highest BCUT2D eigenvalue weighted by Crippen LogP contribution is 2.28. The predicted octanol–water partition coefficient (Wildman–Crippen LogP) is 2.58. The van der Waals surface area contributed by atoms with Crippen LogP contribution >= 0.6 is 0 Å². The molecular weight excluding hydrogens is 348 g/mol. The lowest BCUT2D eigenvalue weighted by molar-refractivity contribution is -0.140. The Morgan fingerprint density at radius 3 is 2.33 bits per heavy atom. The molecule has 0 aliphatic heterocycles. The molecule has 0 saturated carbocycles. The summed E-state index contributed by atoms with van der Waals surface area (Å²) in [5, 5.41) is 15.1. The predicted molar refractivity (Wildman–Crippen MR) is 104 cm³/mol. The minimum absolute atomic E-state index is 0.0298. The van der Waals surface area contributed by atoms with E-state index in [4.69, 9.17) is 9.47 Å². The van der Waals surface area contributed by atoms with Crippen LogP contribution < -0.4 is 20.1 Å². The summed E-state index contributed by atoms with van der Waals surface area (Å²) in [5.41, 5.74) is 0.548. The number of rotatable bonds is 10. The van der Waals surface area contributed by atoms with Gasteiger partial charge in [0, 0.05) is 12.1 Å². The summed E-state index contributed by atoms with van der Waals surface area (Å²) in [6, 6.07) is 4.73. The third-order valence-corrected chi connectivity index (χ3v) is 3.64. The molecule has 1 aromatic carbocycles. The van der Waals surface area contributed by atoms with E-state index < -0.39 is 12.0 Å². The van der Waals surface area contributed by atoms with Crippen molar-refractivity contribution in [3.05, 3.63) is 23.8 Å². The standard InChI is InChI=1S/C20H32N2O5/c1-7-26-16-10-14(11-21-18(13(2)3)19(24)25)8-9-15(16)27-12-17(23)22-20(4,5)6/h8-10,13,18,21H,7,11-12H2,1-6H3,(H,22,23)(H,24,25). The summed E-state index contributed by atoms with van der Waals surface area (Å²) in [4.78, 5) is 23.2. The van der Waals surface area contributed by atoms with E-state index in [0.717, 1.165) is 5.56 Å². The number of amides is 1. The maximum Gasteiger partial charge on any atom is 0.320 e. The molecule has 0 spiro atoms. The molecule has 1 atom stereocenters. The maximum absolute atomic E-state index is 11.9. The number of carbonyl (C=O) groups excluding carboxylic acids is 1. The molecule has 0 fully saturated rings. The van der Waals surface area contributed by atoms with Crippen LogP contribution in [0.25, 0.3) is 0 Å². The van der Waals surface area contributed by atoms with Crippen molar-refractivity contribution >= 4 is 11.9 Å². The van der Waals surface area contributed by atoms with E-state index in [-0.39, 0.29) is 24.0 Å². The first-order valence-electron chi connectivity index (χ1n) is 9.19. The van der Waals surface area contributed by atoms with Gasteiger partial charge in [0.1, 0.15) is 6.04 Å². The highest BCUT2D eigenvalue weighted by atomic mass is 16.5. The lowest BCUT2D eigenvalue weighted by Gasteiger charge is -2.21. The van der Waals surface area contributed by atoms with Gasteiger partial charge in [0.25, 0.3) is 5.91 Å². The molecule has 0 aliphatic rings.